The van der Waals surface area contributed by atoms with Gasteiger partial charge in [0.1, 0.15) is 10.5 Å². The van der Waals surface area contributed by atoms with Gasteiger partial charge < -0.3 is 15.2 Å². The molecule has 100 valence electrons. The molecule has 1 aromatic rings. The number of carboxylic acids is 1. The van der Waals surface area contributed by atoms with Crippen molar-refractivity contribution in [1.29, 1.82) is 0 Å². The third-order valence-electron chi connectivity index (χ3n) is 2.06. The molecule has 1 rings (SSSR count). The lowest BCUT2D eigenvalue weighted by Crippen LogP contribution is -2.33. The van der Waals surface area contributed by atoms with E-state index in [1.807, 2.05) is 0 Å². The van der Waals surface area contributed by atoms with Gasteiger partial charge in [-0.1, -0.05) is 0 Å². The molecule has 0 aromatic carbocycles. The van der Waals surface area contributed by atoms with Crippen LogP contribution in [0.1, 0.15) is 49.0 Å². The van der Waals surface area contributed by atoms with E-state index in [9.17, 15) is 9.59 Å². The molecular formula is C12H17NO4S. The number of nitrogens with one attached hydrogen (secondary N) is 1. The predicted molar refractivity (Wildman–Crippen MR) is 69.1 cm³/mol. The fourth-order valence-electron chi connectivity index (χ4n) is 1.26. The van der Waals surface area contributed by atoms with Gasteiger partial charge in [-0.05, 0) is 44.7 Å². The van der Waals surface area contributed by atoms with Crippen LogP contribution in [0.15, 0.2) is 11.4 Å². The number of amides is 1. The highest BCUT2D eigenvalue weighted by atomic mass is 32.1. The summed E-state index contributed by atoms with van der Waals surface area (Å²) in [5.41, 5.74) is 0.202. The first-order valence-electron chi connectivity index (χ1n) is 5.50. The van der Waals surface area contributed by atoms with E-state index in [0.717, 1.165) is 16.9 Å². The maximum Gasteiger partial charge on any atom is 0.408 e. The SMILES string of the molecule is CC(NC(=O)OC(C)(C)C)c1csc(C(=O)O)c1. The molecule has 1 amide bonds. The zero-order valence-corrected chi connectivity index (χ0v) is 11.6. The van der Waals surface area contributed by atoms with E-state index in [2.05, 4.69) is 5.32 Å². The van der Waals surface area contributed by atoms with E-state index in [1.54, 1.807) is 39.1 Å². The Bertz CT molecular complexity index is 447. The van der Waals surface area contributed by atoms with Gasteiger partial charge in [0.2, 0.25) is 0 Å². The average Bonchev–Trinajstić information content (AvgIpc) is 2.62. The number of rotatable bonds is 3. The number of carbonyl (C=O) groups is 2. The highest BCUT2D eigenvalue weighted by Gasteiger charge is 2.19. The minimum atomic E-state index is -0.962. The molecule has 0 aliphatic rings. The largest absolute Gasteiger partial charge is 0.477 e. The Morgan fingerprint density at radius 3 is 2.50 bits per heavy atom. The van der Waals surface area contributed by atoms with Crippen LogP contribution in [-0.2, 0) is 4.74 Å². The van der Waals surface area contributed by atoms with Crippen molar-refractivity contribution >= 4 is 23.4 Å². The van der Waals surface area contributed by atoms with Gasteiger partial charge in [-0.15, -0.1) is 11.3 Å². The maximum atomic E-state index is 11.5. The first-order chi connectivity index (χ1) is 8.19. The van der Waals surface area contributed by atoms with Crippen molar-refractivity contribution in [3.05, 3.63) is 21.9 Å². The zero-order valence-electron chi connectivity index (χ0n) is 10.8. The van der Waals surface area contributed by atoms with E-state index in [4.69, 9.17) is 9.84 Å². The minimum Gasteiger partial charge on any atom is -0.477 e. The van der Waals surface area contributed by atoms with Crippen LogP contribution >= 0.6 is 11.3 Å². The zero-order chi connectivity index (χ0) is 13.9. The molecule has 18 heavy (non-hydrogen) atoms. The van der Waals surface area contributed by atoms with Gasteiger partial charge in [0.05, 0.1) is 6.04 Å². The lowest BCUT2D eigenvalue weighted by atomic mass is 10.1. The van der Waals surface area contributed by atoms with E-state index in [1.165, 1.54) is 0 Å². The monoisotopic (exact) mass is 271 g/mol. The Labute approximate surface area is 110 Å². The van der Waals surface area contributed by atoms with Crippen LogP contribution in [-0.4, -0.2) is 22.8 Å². The fourth-order valence-corrected chi connectivity index (χ4v) is 2.10. The normalized spacial score (nSPS) is 12.9. The fraction of sp³-hybridized carbons (Fsp3) is 0.500. The van der Waals surface area contributed by atoms with Crippen LogP contribution in [0, 0.1) is 0 Å². The van der Waals surface area contributed by atoms with Crippen molar-refractivity contribution in [1.82, 2.24) is 5.32 Å². The number of ether oxygens (including phenoxy) is 1. The van der Waals surface area contributed by atoms with Crippen LogP contribution in [0.25, 0.3) is 0 Å². The molecule has 1 unspecified atom stereocenters. The number of carbonyl (C=O) groups excluding carboxylic acids is 1. The molecule has 1 atom stereocenters. The van der Waals surface area contributed by atoms with E-state index < -0.39 is 17.7 Å². The number of carboxylic acid groups (broad SMARTS) is 1. The molecule has 5 nitrogen and oxygen atoms in total. The Hall–Kier alpha value is -1.56. The Morgan fingerprint density at radius 2 is 2.06 bits per heavy atom. The summed E-state index contributed by atoms with van der Waals surface area (Å²) in [6.07, 6.45) is -0.516. The Balaban J connectivity index is 2.62. The third-order valence-corrected chi connectivity index (χ3v) is 3.00. The maximum absolute atomic E-state index is 11.5. The molecule has 0 aliphatic carbocycles. The summed E-state index contributed by atoms with van der Waals surface area (Å²) in [6.45, 7) is 7.12. The van der Waals surface area contributed by atoms with Crippen molar-refractivity contribution in [3.63, 3.8) is 0 Å². The van der Waals surface area contributed by atoms with Crippen molar-refractivity contribution in [2.75, 3.05) is 0 Å². The average molecular weight is 271 g/mol. The molecule has 0 aliphatic heterocycles. The molecule has 0 spiro atoms. The third kappa shape index (κ3) is 4.37. The predicted octanol–water partition coefficient (Wildman–Crippen LogP) is 3.03. The van der Waals surface area contributed by atoms with Crippen LogP contribution < -0.4 is 5.32 Å². The van der Waals surface area contributed by atoms with Crippen molar-refractivity contribution in [2.24, 2.45) is 0 Å². The van der Waals surface area contributed by atoms with Crippen LogP contribution in [0.2, 0.25) is 0 Å². The van der Waals surface area contributed by atoms with Gasteiger partial charge in [-0.25, -0.2) is 9.59 Å². The van der Waals surface area contributed by atoms with Gasteiger partial charge in [-0.3, -0.25) is 0 Å². The Kier molecular flexibility index (Phi) is 4.34. The summed E-state index contributed by atoms with van der Waals surface area (Å²) >= 11 is 1.13. The van der Waals surface area contributed by atoms with Gasteiger partial charge in [-0.2, -0.15) is 0 Å². The first-order valence-corrected chi connectivity index (χ1v) is 6.38. The molecule has 0 saturated heterocycles. The van der Waals surface area contributed by atoms with Gasteiger partial charge in [0.25, 0.3) is 0 Å². The summed E-state index contributed by atoms with van der Waals surface area (Å²) in [6, 6.07) is 1.26. The lowest BCUT2D eigenvalue weighted by Gasteiger charge is -2.21. The highest BCUT2D eigenvalue weighted by molar-refractivity contribution is 7.12. The summed E-state index contributed by atoms with van der Waals surface area (Å²) in [4.78, 5) is 22.5. The molecular weight excluding hydrogens is 254 g/mol. The van der Waals surface area contributed by atoms with Crippen LogP contribution in [0.4, 0.5) is 4.79 Å². The molecule has 6 heteroatoms. The quantitative estimate of drug-likeness (QED) is 0.886. The van der Waals surface area contributed by atoms with Crippen LogP contribution in [0.5, 0.6) is 0 Å². The summed E-state index contributed by atoms with van der Waals surface area (Å²) in [7, 11) is 0. The number of hydrogen-bond donors (Lipinski definition) is 2. The second-order valence-corrected chi connectivity index (χ2v) is 5.83. The molecule has 0 radical (unpaired) electrons. The molecule has 0 saturated carbocycles. The lowest BCUT2D eigenvalue weighted by molar-refractivity contribution is 0.0507. The minimum absolute atomic E-state index is 0.253. The Morgan fingerprint density at radius 1 is 1.44 bits per heavy atom. The van der Waals surface area contributed by atoms with E-state index in [0.29, 0.717) is 0 Å². The second kappa shape index (κ2) is 5.39. The summed E-state index contributed by atoms with van der Waals surface area (Å²) in [5, 5.41) is 13.2. The molecule has 0 bridgehead atoms. The second-order valence-electron chi connectivity index (χ2n) is 4.92. The van der Waals surface area contributed by atoms with Crippen LogP contribution in [0.3, 0.4) is 0 Å². The van der Waals surface area contributed by atoms with Gasteiger partial charge in [0, 0.05) is 0 Å². The van der Waals surface area contributed by atoms with Crippen molar-refractivity contribution in [3.8, 4) is 0 Å². The first kappa shape index (κ1) is 14.5. The summed E-state index contributed by atoms with van der Waals surface area (Å²) < 4.78 is 5.12. The molecule has 1 aromatic heterocycles. The molecule has 0 fully saturated rings. The van der Waals surface area contributed by atoms with Gasteiger partial charge >= 0.3 is 12.1 Å². The number of thiophene rings is 1. The number of aromatic carboxylic acids is 1. The topological polar surface area (TPSA) is 75.6 Å². The molecule has 1 heterocycles. The van der Waals surface area contributed by atoms with E-state index in [-0.39, 0.29) is 10.9 Å². The number of alkyl carbamates (subject to hydrolysis) is 1. The standard InChI is InChI=1S/C12H17NO4S/c1-7(13-11(16)17-12(2,3)4)8-5-9(10(14)15)18-6-8/h5-7H,1-4H3,(H,13,16)(H,14,15). The number of hydrogen-bond acceptors (Lipinski definition) is 4. The highest BCUT2D eigenvalue weighted by Crippen LogP contribution is 2.21. The van der Waals surface area contributed by atoms with Crippen molar-refractivity contribution in [2.45, 2.75) is 39.3 Å². The smallest absolute Gasteiger partial charge is 0.408 e. The van der Waals surface area contributed by atoms with Crippen molar-refractivity contribution < 1.29 is 19.4 Å². The van der Waals surface area contributed by atoms with Gasteiger partial charge in [0.15, 0.2) is 0 Å². The summed E-state index contributed by atoms with van der Waals surface area (Å²) in [5.74, 6) is -0.962. The van der Waals surface area contributed by atoms with E-state index >= 15 is 0 Å². The molecule has 2 N–H and O–H groups in total.